The van der Waals surface area contributed by atoms with Crippen LogP contribution in [0.3, 0.4) is 0 Å². The number of carbonyl (C=O) groups is 2. The van der Waals surface area contributed by atoms with Crippen LogP contribution < -0.4 is 10.6 Å². The number of benzene rings is 2. The van der Waals surface area contributed by atoms with Crippen molar-refractivity contribution in [1.82, 2.24) is 5.32 Å². The van der Waals surface area contributed by atoms with Gasteiger partial charge < -0.3 is 10.6 Å². The Bertz CT molecular complexity index is 723. The van der Waals surface area contributed by atoms with Crippen LogP contribution >= 0.6 is 0 Å². The van der Waals surface area contributed by atoms with Gasteiger partial charge in [-0.2, -0.15) is 0 Å². The first-order valence-corrected chi connectivity index (χ1v) is 7.67. The van der Waals surface area contributed by atoms with Crippen molar-refractivity contribution in [3.8, 4) is 0 Å². The summed E-state index contributed by atoms with van der Waals surface area (Å²) >= 11 is 0. The van der Waals surface area contributed by atoms with Gasteiger partial charge in [-0.3, -0.25) is 9.59 Å². The number of carbonyl (C=O) groups excluding carboxylic acids is 2. The summed E-state index contributed by atoms with van der Waals surface area (Å²) in [6.45, 7) is 6.19. The Balaban J connectivity index is 1.91. The fourth-order valence-electron chi connectivity index (χ4n) is 2.32. The van der Waals surface area contributed by atoms with E-state index in [2.05, 4.69) is 42.7 Å². The second-order valence-corrected chi connectivity index (χ2v) is 5.69. The molecule has 120 valence electrons. The minimum Gasteiger partial charge on any atom is -0.352 e. The summed E-state index contributed by atoms with van der Waals surface area (Å²) in [6, 6.07) is 13.3. The molecule has 0 saturated heterocycles. The van der Waals surface area contributed by atoms with Crippen molar-refractivity contribution in [3.05, 3.63) is 64.7 Å². The largest absolute Gasteiger partial charge is 0.352 e. The molecule has 0 aliphatic carbocycles. The lowest BCUT2D eigenvalue weighted by molar-refractivity contribution is -0.114. The van der Waals surface area contributed by atoms with E-state index in [-0.39, 0.29) is 11.8 Å². The van der Waals surface area contributed by atoms with Crippen LogP contribution in [0.2, 0.25) is 0 Å². The SMILES string of the molecule is CC(=O)Nc1cccc(C(=O)NCCc2ccc(C)c(C)c2)c1. The van der Waals surface area contributed by atoms with Crippen LogP contribution in [0.5, 0.6) is 0 Å². The molecule has 0 radical (unpaired) electrons. The van der Waals surface area contributed by atoms with Gasteiger partial charge in [0, 0.05) is 24.7 Å². The first kappa shape index (κ1) is 16.7. The summed E-state index contributed by atoms with van der Waals surface area (Å²) in [5.41, 5.74) is 4.90. The average Bonchev–Trinajstić information content (AvgIpc) is 2.50. The van der Waals surface area contributed by atoms with Gasteiger partial charge in [-0.05, 0) is 55.2 Å². The molecule has 0 atom stereocenters. The molecule has 0 aliphatic rings. The average molecular weight is 310 g/mol. The summed E-state index contributed by atoms with van der Waals surface area (Å²) in [5, 5.41) is 5.58. The van der Waals surface area contributed by atoms with E-state index in [0.717, 1.165) is 6.42 Å². The van der Waals surface area contributed by atoms with E-state index in [1.54, 1.807) is 24.3 Å². The van der Waals surface area contributed by atoms with Crippen LogP contribution in [0, 0.1) is 13.8 Å². The van der Waals surface area contributed by atoms with Crippen molar-refractivity contribution in [3.63, 3.8) is 0 Å². The molecule has 2 amide bonds. The summed E-state index contributed by atoms with van der Waals surface area (Å²) in [5.74, 6) is -0.293. The fourth-order valence-corrected chi connectivity index (χ4v) is 2.32. The van der Waals surface area contributed by atoms with E-state index in [1.807, 2.05) is 0 Å². The van der Waals surface area contributed by atoms with E-state index < -0.39 is 0 Å². The van der Waals surface area contributed by atoms with Gasteiger partial charge in [0.05, 0.1) is 0 Å². The van der Waals surface area contributed by atoms with Crippen LogP contribution in [0.1, 0.15) is 34.0 Å². The van der Waals surface area contributed by atoms with Crippen molar-refractivity contribution in [2.45, 2.75) is 27.2 Å². The molecule has 0 fully saturated rings. The Labute approximate surface area is 136 Å². The molecule has 23 heavy (non-hydrogen) atoms. The van der Waals surface area contributed by atoms with Gasteiger partial charge in [0.25, 0.3) is 5.91 Å². The predicted molar refractivity (Wildman–Crippen MR) is 92.7 cm³/mol. The van der Waals surface area contributed by atoms with E-state index in [1.165, 1.54) is 23.6 Å². The zero-order valence-corrected chi connectivity index (χ0v) is 13.8. The van der Waals surface area contributed by atoms with Gasteiger partial charge in [-0.25, -0.2) is 0 Å². The molecule has 0 spiro atoms. The van der Waals surface area contributed by atoms with Gasteiger partial charge in [0.1, 0.15) is 0 Å². The van der Waals surface area contributed by atoms with Crippen molar-refractivity contribution >= 4 is 17.5 Å². The summed E-state index contributed by atoms with van der Waals surface area (Å²) < 4.78 is 0. The maximum Gasteiger partial charge on any atom is 0.251 e. The molecule has 2 aromatic rings. The Hall–Kier alpha value is -2.62. The topological polar surface area (TPSA) is 58.2 Å². The molecular weight excluding hydrogens is 288 g/mol. The first-order valence-electron chi connectivity index (χ1n) is 7.67. The third-order valence-electron chi connectivity index (χ3n) is 3.72. The lowest BCUT2D eigenvalue weighted by Crippen LogP contribution is -2.25. The lowest BCUT2D eigenvalue weighted by Gasteiger charge is -2.08. The maximum absolute atomic E-state index is 12.2. The third-order valence-corrected chi connectivity index (χ3v) is 3.72. The van der Waals surface area contributed by atoms with Crippen molar-refractivity contribution < 1.29 is 9.59 Å². The maximum atomic E-state index is 12.2. The van der Waals surface area contributed by atoms with E-state index >= 15 is 0 Å². The zero-order chi connectivity index (χ0) is 16.8. The van der Waals surface area contributed by atoms with Crippen LogP contribution in [-0.4, -0.2) is 18.4 Å². The van der Waals surface area contributed by atoms with Crippen molar-refractivity contribution in [2.24, 2.45) is 0 Å². The summed E-state index contributed by atoms with van der Waals surface area (Å²) in [6.07, 6.45) is 0.790. The Morgan fingerprint density at radius 3 is 2.48 bits per heavy atom. The monoisotopic (exact) mass is 310 g/mol. The number of hydrogen-bond donors (Lipinski definition) is 2. The highest BCUT2D eigenvalue weighted by atomic mass is 16.2. The first-order chi connectivity index (χ1) is 11.0. The number of amides is 2. The third kappa shape index (κ3) is 4.95. The van der Waals surface area contributed by atoms with E-state index in [0.29, 0.717) is 17.8 Å². The standard InChI is InChI=1S/C19H22N2O2/c1-13-7-8-16(11-14(13)2)9-10-20-19(23)17-5-4-6-18(12-17)21-15(3)22/h4-8,11-12H,9-10H2,1-3H3,(H,20,23)(H,21,22). The van der Waals surface area contributed by atoms with Gasteiger partial charge in [-0.1, -0.05) is 24.3 Å². The molecule has 2 rings (SSSR count). The molecule has 0 heterocycles. The van der Waals surface area contributed by atoms with Crippen LogP contribution in [-0.2, 0) is 11.2 Å². The molecule has 2 aromatic carbocycles. The Morgan fingerprint density at radius 1 is 1.00 bits per heavy atom. The van der Waals surface area contributed by atoms with Gasteiger partial charge >= 0.3 is 0 Å². The molecule has 4 heteroatoms. The second kappa shape index (κ2) is 7.58. The summed E-state index contributed by atoms with van der Waals surface area (Å²) in [7, 11) is 0. The number of rotatable bonds is 5. The highest BCUT2D eigenvalue weighted by molar-refractivity contribution is 5.96. The quantitative estimate of drug-likeness (QED) is 0.891. The zero-order valence-electron chi connectivity index (χ0n) is 13.8. The van der Waals surface area contributed by atoms with E-state index in [9.17, 15) is 9.59 Å². The molecule has 0 saturated carbocycles. The molecule has 2 N–H and O–H groups in total. The number of anilines is 1. The van der Waals surface area contributed by atoms with E-state index in [4.69, 9.17) is 0 Å². The number of nitrogens with one attached hydrogen (secondary N) is 2. The lowest BCUT2D eigenvalue weighted by atomic mass is 10.0. The molecule has 0 unspecified atom stereocenters. The fraction of sp³-hybridized carbons (Fsp3) is 0.263. The van der Waals surface area contributed by atoms with Gasteiger partial charge in [0.15, 0.2) is 0 Å². The Morgan fingerprint density at radius 2 is 1.78 bits per heavy atom. The normalized spacial score (nSPS) is 10.2. The van der Waals surface area contributed by atoms with Crippen molar-refractivity contribution in [1.29, 1.82) is 0 Å². The highest BCUT2D eigenvalue weighted by Gasteiger charge is 2.06. The molecule has 4 nitrogen and oxygen atoms in total. The molecule has 0 aromatic heterocycles. The second-order valence-electron chi connectivity index (χ2n) is 5.69. The predicted octanol–water partition coefficient (Wildman–Crippen LogP) is 3.23. The minimum absolute atomic E-state index is 0.138. The number of aryl methyl sites for hydroxylation is 2. The molecule has 0 bridgehead atoms. The minimum atomic E-state index is -0.155. The van der Waals surface area contributed by atoms with Crippen LogP contribution in [0.25, 0.3) is 0 Å². The summed E-state index contributed by atoms with van der Waals surface area (Å²) in [4.78, 5) is 23.2. The molecule has 0 aliphatic heterocycles. The highest BCUT2D eigenvalue weighted by Crippen LogP contribution is 2.12. The number of hydrogen-bond acceptors (Lipinski definition) is 2. The van der Waals surface area contributed by atoms with Crippen LogP contribution in [0.4, 0.5) is 5.69 Å². The van der Waals surface area contributed by atoms with Gasteiger partial charge in [0.2, 0.25) is 5.91 Å². The smallest absolute Gasteiger partial charge is 0.251 e. The molecular formula is C19H22N2O2. The van der Waals surface area contributed by atoms with Crippen molar-refractivity contribution in [2.75, 3.05) is 11.9 Å². The van der Waals surface area contributed by atoms with Crippen LogP contribution in [0.15, 0.2) is 42.5 Å². The van der Waals surface area contributed by atoms with Gasteiger partial charge in [-0.15, -0.1) is 0 Å². The Kier molecular flexibility index (Phi) is 5.52.